The van der Waals surface area contributed by atoms with Gasteiger partial charge in [0.2, 0.25) is 0 Å². The Balaban J connectivity index is 3.09. The molecule has 0 spiro atoms. The van der Waals surface area contributed by atoms with Crippen molar-refractivity contribution in [2.45, 2.75) is 129 Å². The molecule has 0 N–H and O–H groups in total. The van der Waals surface area contributed by atoms with E-state index >= 15 is 0 Å². The number of hydrogen-bond donors (Lipinski definition) is 0. The molecule has 42 heavy (non-hydrogen) atoms. The monoisotopic (exact) mass is 604 g/mol. The van der Waals surface area contributed by atoms with Gasteiger partial charge in [-0.15, -0.1) is 0 Å². The second-order valence-electron chi connectivity index (χ2n) is 10.9. The lowest BCUT2D eigenvalue weighted by Crippen LogP contribution is -2.15. The lowest BCUT2D eigenvalue weighted by Gasteiger charge is -2.08. The van der Waals surface area contributed by atoms with Crippen LogP contribution in [-0.4, -0.2) is 91.9 Å². The molecule has 0 fully saturated rings. The molecule has 0 aromatic rings. The van der Waals surface area contributed by atoms with Crippen molar-refractivity contribution >= 4 is 5.97 Å². The van der Waals surface area contributed by atoms with E-state index in [9.17, 15) is 4.79 Å². The Morgan fingerprint density at radius 1 is 0.333 bits per heavy atom. The van der Waals surface area contributed by atoms with Gasteiger partial charge in [0.25, 0.3) is 0 Å². The summed E-state index contributed by atoms with van der Waals surface area (Å²) in [6.45, 7) is 11.5. The van der Waals surface area contributed by atoms with Crippen LogP contribution in [0.4, 0.5) is 0 Å². The van der Waals surface area contributed by atoms with Crippen LogP contribution >= 0.6 is 0 Å². The predicted octanol–water partition coefficient (Wildman–Crippen LogP) is 7.69. The molecule has 0 atom stereocenters. The predicted molar refractivity (Wildman–Crippen MR) is 170 cm³/mol. The van der Waals surface area contributed by atoms with Gasteiger partial charge in [0, 0.05) is 13.0 Å². The smallest absolute Gasteiger partial charge is 0.305 e. The molecule has 8 heteroatoms. The fraction of sp³-hybridized carbons (Fsp3) is 0.971. The first-order valence-corrected chi connectivity index (χ1v) is 17.4. The van der Waals surface area contributed by atoms with Crippen molar-refractivity contribution in [3.05, 3.63) is 0 Å². The maximum Gasteiger partial charge on any atom is 0.305 e. The number of carbonyl (C=O) groups is 1. The number of esters is 1. The van der Waals surface area contributed by atoms with Gasteiger partial charge in [-0.1, -0.05) is 110 Å². The van der Waals surface area contributed by atoms with E-state index in [1.807, 2.05) is 0 Å². The van der Waals surface area contributed by atoms with Crippen molar-refractivity contribution in [1.29, 1.82) is 0 Å². The van der Waals surface area contributed by atoms with Crippen molar-refractivity contribution in [1.82, 2.24) is 0 Å². The molecule has 8 nitrogen and oxygen atoms in total. The summed E-state index contributed by atoms with van der Waals surface area (Å²) in [5.74, 6) is -0.131. The van der Waals surface area contributed by atoms with E-state index in [1.54, 1.807) is 0 Å². The van der Waals surface area contributed by atoms with Crippen molar-refractivity contribution in [3.8, 4) is 0 Å². The third-order valence-corrected chi connectivity index (χ3v) is 6.98. The zero-order valence-electron chi connectivity index (χ0n) is 27.7. The molecule has 0 aromatic heterocycles. The highest BCUT2D eigenvalue weighted by atomic mass is 16.6. The maximum atomic E-state index is 11.7. The van der Waals surface area contributed by atoms with Crippen molar-refractivity contribution < 1.29 is 38.0 Å². The summed E-state index contributed by atoms with van der Waals surface area (Å²) in [4.78, 5) is 11.7. The maximum absolute atomic E-state index is 11.7. The fourth-order valence-corrected chi connectivity index (χ4v) is 4.41. The second-order valence-corrected chi connectivity index (χ2v) is 10.9. The van der Waals surface area contributed by atoms with Crippen molar-refractivity contribution in [2.75, 3.05) is 85.9 Å². The van der Waals surface area contributed by atoms with Gasteiger partial charge < -0.3 is 33.2 Å². The summed E-state index contributed by atoms with van der Waals surface area (Å²) in [6, 6.07) is 0. The molecule has 252 valence electrons. The summed E-state index contributed by atoms with van der Waals surface area (Å²) in [6.07, 6.45) is 22.4. The first kappa shape index (κ1) is 41.2. The highest BCUT2D eigenvalue weighted by Crippen LogP contribution is 2.11. The second kappa shape index (κ2) is 38.3. The van der Waals surface area contributed by atoms with E-state index in [2.05, 4.69) is 13.8 Å². The number of carbonyl (C=O) groups excluding carboxylic acids is 1. The largest absolute Gasteiger partial charge is 0.463 e. The molecule has 0 bridgehead atoms. The van der Waals surface area contributed by atoms with Gasteiger partial charge in [0.05, 0.1) is 72.7 Å². The van der Waals surface area contributed by atoms with Crippen LogP contribution in [0.3, 0.4) is 0 Å². The van der Waals surface area contributed by atoms with Gasteiger partial charge in [-0.2, -0.15) is 0 Å². The first-order chi connectivity index (χ1) is 20.8. The number of unbranched alkanes of at least 4 members (excludes halogenated alkanes) is 15. The standard InChI is InChI=1S/C34H68O8/c1-3-5-7-9-11-12-13-14-15-17-19-21-36-22-23-37-24-25-38-26-27-39-28-29-40-30-31-41-32-33-42-34(35)20-18-16-10-8-6-4-2/h3-33H2,1-2H3. The fourth-order valence-electron chi connectivity index (χ4n) is 4.41. The summed E-state index contributed by atoms with van der Waals surface area (Å²) in [7, 11) is 0. The van der Waals surface area contributed by atoms with Gasteiger partial charge in [0.15, 0.2) is 0 Å². The SMILES string of the molecule is CCCCCCCCCCCCCOCCOCCOCCOCCOCCOCCOC(=O)CCCCCCCC. The summed E-state index contributed by atoms with van der Waals surface area (Å²) in [5, 5.41) is 0. The molecular formula is C34H68O8. The van der Waals surface area contributed by atoms with E-state index in [4.69, 9.17) is 33.2 Å². The number of hydrogen-bond acceptors (Lipinski definition) is 8. The topological polar surface area (TPSA) is 81.7 Å². The van der Waals surface area contributed by atoms with E-state index in [0.717, 1.165) is 25.9 Å². The van der Waals surface area contributed by atoms with Crippen molar-refractivity contribution in [3.63, 3.8) is 0 Å². The highest BCUT2D eigenvalue weighted by Gasteiger charge is 2.02. The molecule has 0 aromatic carbocycles. The van der Waals surface area contributed by atoms with Crippen LogP contribution in [0.15, 0.2) is 0 Å². The van der Waals surface area contributed by atoms with E-state index in [0.29, 0.717) is 85.7 Å². The lowest BCUT2D eigenvalue weighted by molar-refractivity contribution is -0.145. The Labute approximate surface area is 259 Å². The molecule has 0 aliphatic heterocycles. The minimum Gasteiger partial charge on any atom is -0.463 e. The summed E-state index contributed by atoms with van der Waals surface area (Å²) >= 11 is 0. The van der Waals surface area contributed by atoms with E-state index in [1.165, 1.54) is 89.9 Å². The molecule has 0 saturated carbocycles. The van der Waals surface area contributed by atoms with E-state index < -0.39 is 0 Å². The molecule has 0 aliphatic carbocycles. The minimum atomic E-state index is -0.131. The molecule has 0 rings (SSSR count). The van der Waals surface area contributed by atoms with Gasteiger partial charge >= 0.3 is 5.97 Å². The van der Waals surface area contributed by atoms with Crippen LogP contribution in [0.2, 0.25) is 0 Å². The lowest BCUT2D eigenvalue weighted by atomic mass is 10.1. The molecule has 0 unspecified atom stereocenters. The quantitative estimate of drug-likeness (QED) is 0.0527. The number of ether oxygens (including phenoxy) is 7. The van der Waals surface area contributed by atoms with Gasteiger partial charge in [-0.3, -0.25) is 4.79 Å². The van der Waals surface area contributed by atoms with Crippen LogP contribution in [0, 0.1) is 0 Å². The molecule has 0 radical (unpaired) electrons. The van der Waals surface area contributed by atoms with Crippen LogP contribution < -0.4 is 0 Å². The first-order valence-electron chi connectivity index (χ1n) is 17.4. The molecule has 0 aliphatic rings. The van der Waals surface area contributed by atoms with Gasteiger partial charge in [-0.05, 0) is 12.8 Å². The highest BCUT2D eigenvalue weighted by molar-refractivity contribution is 5.69. The van der Waals surface area contributed by atoms with Gasteiger partial charge in [0.1, 0.15) is 6.61 Å². The summed E-state index contributed by atoms with van der Waals surface area (Å²) in [5.41, 5.74) is 0. The molecular weight excluding hydrogens is 536 g/mol. The normalized spacial score (nSPS) is 11.4. The minimum absolute atomic E-state index is 0.131. The Hall–Kier alpha value is -0.770. The van der Waals surface area contributed by atoms with Gasteiger partial charge in [-0.25, -0.2) is 0 Å². The number of rotatable bonds is 37. The van der Waals surface area contributed by atoms with E-state index in [-0.39, 0.29) is 5.97 Å². The van der Waals surface area contributed by atoms with Crippen LogP contribution in [0.25, 0.3) is 0 Å². The molecule has 0 amide bonds. The zero-order chi connectivity index (χ0) is 30.4. The average molecular weight is 605 g/mol. The van der Waals surface area contributed by atoms with Crippen LogP contribution in [0.5, 0.6) is 0 Å². The van der Waals surface area contributed by atoms with Crippen LogP contribution in [0.1, 0.15) is 129 Å². The molecule has 0 heterocycles. The molecule has 0 saturated heterocycles. The Morgan fingerprint density at radius 2 is 0.619 bits per heavy atom. The third kappa shape index (κ3) is 37.3. The van der Waals surface area contributed by atoms with Crippen LogP contribution in [-0.2, 0) is 38.0 Å². The Kier molecular flexibility index (Phi) is 37.6. The Morgan fingerprint density at radius 3 is 1.00 bits per heavy atom. The Bertz CT molecular complexity index is 506. The average Bonchev–Trinajstić information content (AvgIpc) is 3.00. The third-order valence-electron chi connectivity index (χ3n) is 6.98. The summed E-state index contributed by atoms with van der Waals surface area (Å²) < 4.78 is 38.3. The van der Waals surface area contributed by atoms with Crippen molar-refractivity contribution in [2.24, 2.45) is 0 Å². The zero-order valence-corrected chi connectivity index (χ0v) is 27.7.